The van der Waals surface area contributed by atoms with Crippen LogP contribution < -0.4 is 17.0 Å². The second kappa shape index (κ2) is 9.53. The number of hydrogen-bond donors (Lipinski definition) is 0. The monoisotopic (exact) mass is 161 g/mol. The minimum Gasteiger partial charge on any atom is -1.00 e. The van der Waals surface area contributed by atoms with Crippen molar-refractivity contribution in [2.45, 2.75) is 13.8 Å². The van der Waals surface area contributed by atoms with E-state index >= 15 is 0 Å². The van der Waals surface area contributed by atoms with Crippen LogP contribution in [-0.4, -0.2) is 23.1 Å². The molecular weight excluding hydrogens is 152 g/mol. The molecule has 0 nitrogen and oxygen atoms in total. The third-order valence-electron chi connectivity index (χ3n) is 0. The van der Waals surface area contributed by atoms with E-state index in [9.17, 15) is 0 Å². The van der Waals surface area contributed by atoms with E-state index in [0.717, 1.165) is 0 Å². The normalized spacial score (nSPS) is 10.2. The summed E-state index contributed by atoms with van der Waals surface area (Å²) < 4.78 is 6.83. The van der Waals surface area contributed by atoms with E-state index in [0.29, 0.717) is 0 Å². The fourth-order valence-corrected chi connectivity index (χ4v) is 0. The molecule has 6 heavy (non-hydrogen) atoms. The molecule has 0 rings (SSSR count). The molecular formula is C4H9BrMg. The molecule has 0 amide bonds. The van der Waals surface area contributed by atoms with Gasteiger partial charge in [-0.15, -0.1) is 0 Å². The van der Waals surface area contributed by atoms with Gasteiger partial charge in [0.15, 0.2) is 0 Å². The standard InChI is InChI=1S/C4H9.BrH.Mg/c1-4(2)3;;/h4H,1H2,2-3H3;1H;/q-1;;+2/p-1/i4D;;. The fourth-order valence-electron chi connectivity index (χ4n) is 0. The Balaban J connectivity index is -0.0000000800. The summed E-state index contributed by atoms with van der Waals surface area (Å²) >= 11 is 0. The predicted molar refractivity (Wildman–Crippen MR) is 25.9 cm³/mol. The Morgan fingerprint density at radius 1 is 1.67 bits per heavy atom. The molecule has 0 heterocycles. The van der Waals surface area contributed by atoms with E-state index in [1.54, 1.807) is 13.8 Å². The Bertz CT molecular complexity index is 27.2. The van der Waals surface area contributed by atoms with Crippen molar-refractivity contribution >= 4 is 23.1 Å². The van der Waals surface area contributed by atoms with Gasteiger partial charge in [-0.05, 0) is 1.37 Å². The zero-order chi connectivity index (χ0) is 4.50. The number of rotatable bonds is 0. The molecule has 0 aliphatic rings. The third kappa shape index (κ3) is 60.9. The van der Waals surface area contributed by atoms with Crippen LogP contribution in [0.1, 0.15) is 15.2 Å². The molecule has 0 aromatic rings. The Kier molecular flexibility index (Phi) is 16.3. The molecule has 0 saturated heterocycles. The molecule has 0 saturated carbocycles. The summed E-state index contributed by atoms with van der Waals surface area (Å²) in [6.07, 6.45) is 0. The van der Waals surface area contributed by atoms with Crippen molar-refractivity contribution in [3.05, 3.63) is 6.92 Å². The maximum absolute atomic E-state index is 6.83. The number of hydrogen-bond acceptors (Lipinski definition) is 0. The number of halogens is 1. The van der Waals surface area contributed by atoms with Crippen LogP contribution in [-0.2, 0) is 0 Å². The topological polar surface area (TPSA) is 0 Å². The molecule has 0 aliphatic heterocycles. The van der Waals surface area contributed by atoms with Gasteiger partial charge in [-0.1, -0.05) is 13.8 Å². The molecule has 2 heteroatoms. The van der Waals surface area contributed by atoms with Crippen LogP contribution in [0, 0.1) is 12.8 Å². The SMILES string of the molecule is [2H]C([CH2-])(C)C.[Br-].[Mg+2]. The summed E-state index contributed by atoms with van der Waals surface area (Å²) in [7, 11) is 0. The van der Waals surface area contributed by atoms with E-state index in [2.05, 4.69) is 6.92 Å². The zero-order valence-corrected chi connectivity index (χ0v) is 7.29. The Labute approximate surface area is 68.0 Å². The minimum absolute atomic E-state index is 0. The van der Waals surface area contributed by atoms with Crippen LogP contribution in [0.25, 0.3) is 0 Å². The smallest absolute Gasteiger partial charge is 1.00 e. The van der Waals surface area contributed by atoms with Crippen molar-refractivity contribution in [3.8, 4) is 0 Å². The van der Waals surface area contributed by atoms with Crippen LogP contribution in [0.2, 0.25) is 0 Å². The molecule has 0 bridgehead atoms. The van der Waals surface area contributed by atoms with Crippen LogP contribution in [0.3, 0.4) is 0 Å². The Morgan fingerprint density at radius 3 is 1.67 bits per heavy atom. The van der Waals surface area contributed by atoms with Gasteiger partial charge in [-0.3, -0.25) is 0 Å². The van der Waals surface area contributed by atoms with Gasteiger partial charge >= 0.3 is 23.1 Å². The van der Waals surface area contributed by atoms with Gasteiger partial charge in [0.25, 0.3) is 0 Å². The van der Waals surface area contributed by atoms with Gasteiger partial charge in [0.2, 0.25) is 0 Å². The summed E-state index contributed by atoms with van der Waals surface area (Å²) in [4.78, 5) is 0. The molecule has 0 fully saturated rings. The van der Waals surface area contributed by atoms with Crippen LogP contribution in [0.5, 0.6) is 0 Å². The van der Waals surface area contributed by atoms with E-state index in [4.69, 9.17) is 1.37 Å². The molecule has 0 unspecified atom stereocenters. The van der Waals surface area contributed by atoms with Gasteiger partial charge in [0.05, 0.1) is 0 Å². The van der Waals surface area contributed by atoms with Crippen molar-refractivity contribution in [3.63, 3.8) is 0 Å². The fraction of sp³-hybridized carbons (Fsp3) is 0.750. The van der Waals surface area contributed by atoms with Gasteiger partial charge in [-0.2, -0.15) is 5.89 Å². The summed E-state index contributed by atoms with van der Waals surface area (Å²) in [6, 6.07) is 0. The van der Waals surface area contributed by atoms with Crippen LogP contribution >= 0.6 is 0 Å². The molecule has 0 aromatic carbocycles. The van der Waals surface area contributed by atoms with Gasteiger partial charge in [0, 0.05) is 0 Å². The van der Waals surface area contributed by atoms with Crippen LogP contribution in [0.15, 0.2) is 0 Å². The van der Waals surface area contributed by atoms with E-state index in [-0.39, 0.29) is 40.0 Å². The molecule has 34 valence electrons. The van der Waals surface area contributed by atoms with Crippen molar-refractivity contribution < 1.29 is 18.4 Å². The van der Waals surface area contributed by atoms with Crippen molar-refractivity contribution in [1.29, 1.82) is 0 Å². The minimum atomic E-state index is -0.500. The molecule has 0 aromatic heterocycles. The summed E-state index contributed by atoms with van der Waals surface area (Å²) in [6.45, 7) is 6.92. The molecule has 0 aliphatic carbocycles. The van der Waals surface area contributed by atoms with Gasteiger partial charge in [-0.25, -0.2) is 0 Å². The third-order valence-corrected chi connectivity index (χ3v) is 0. The average Bonchev–Trinajstić information content (AvgIpc) is 0.722. The Morgan fingerprint density at radius 2 is 1.67 bits per heavy atom. The summed E-state index contributed by atoms with van der Waals surface area (Å²) in [5.41, 5.74) is 0. The second-order valence-corrected chi connectivity index (χ2v) is 1.21. The summed E-state index contributed by atoms with van der Waals surface area (Å²) in [5.74, 6) is -0.500. The van der Waals surface area contributed by atoms with Crippen molar-refractivity contribution in [2.24, 2.45) is 5.89 Å². The first-order valence-corrected chi connectivity index (χ1v) is 1.35. The molecule has 0 atom stereocenters. The quantitative estimate of drug-likeness (QED) is 0.288. The van der Waals surface area contributed by atoms with Crippen molar-refractivity contribution in [1.82, 2.24) is 0 Å². The summed E-state index contributed by atoms with van der Waals surface area (Å²) in [5, 5.41) is 0. The van der Waals surface area contributed by atoms with E-state index in [1.165, 1.54) is 0 Å². The van der Waals surface area contributed by atoms with Crippen LogP contribution in [0.4, 0.5) is 0 Å². The molecule has 0 spiro atoms. The Hall–Kier alpha value is 1.25. The van der Waals surface area contributed by atoms with Gasteiger partial charge in [0.1, 0.15) is 0 Å². The predicted octanol–water partition coefficient (Wildman–Crippen LogP) is -1.90. The van der Waals surface area contributed by atoms with E-state index in [1.807, 2.05) is 0 Å². The second-order valence-electron chi connectivity index (χ2n) is 1.21. The largest absolute Gasteiger partial charge is 2.00 e. The first-order valence-electron chi connectivity index (χ1n) is 1.85. The molecule has 0 radical (unpaired) electrons. The zero-order valence-electron chi connectivity index (χ0n) is 5.29. The molecule has 0 N–H and O–H groups in total. The first-order chi connectivity index (χ1) is 2.00. The maximum Gasteiger partial charge on any atom is 2.00 e. The van der Waals surface area contributed by atoms with Gasteiger partial charge < -0.3 is 23.9 Å². The average molecular weight is 162 g/mol. The first kappa shape index (κ1) is 10.3. The van der Waals surface area contributed by atoms with Crippen molar-refractivity contribution in [2.75, 3.05) is 0 Å². The van der Waals surface area contributed by atoms with E-state index < -0.39 is 5.89 Å². The maximum atomic E-state index is 6.83.